The van der Waals surface area contributed by atoms with Crippen molar-refractivity contribution in [2.24, 2.45) is 0 Å². The highest BCUT2D eigenvalue weighted by molar-refractivity contribution is 5.77. The van der Waals surface area contributed by atoms with Gasteiger partial charge in [-0.3, -0.25) is 9.69 Å². The average Bonchev–Trinajstić information content (AvgIpc) is 2.45. The third kappa shape index (κ3) is 6.54. The Kier molecular flexibility index (Phi) is 7.69. The van der Waals surface area contributed by atoms with Gasteiger partial charge in [-0.15, -0.1) is 0 Å². The van der Waals surface area contributed by atoms with Crippen molar-refractivity contribution in [3.05, 3.63) is 29.8 Å². The maximum Gasteiger partial charge on any atom is 0.234 e. The van der Waals surface area contributed by atoms with Crippen LogP contribution in [0.2, 0.25) is 0 Å². The maximum absolute atomic E-state index is 11.8. The molecule has 0 fully saturated rings. The van der Waals surface area contributed by atoms with Crippen LogP contribution in [0.4, 0.5) is 5.69 Å². The largest absolute Gasteiger partial charge is 0.399 e. The second kappa shape index (κ2) is 9.34. The quantitative estimate of drug-likeness (QED) is 0.527. The van der Waals surface area contributed by atoms with Gasteiger partial charge in [0.25, 0.3) is 0 Å². The number of amides is 1. The maximum atomic E-state index is 11.8. The number of carbonyl (C=O) groups excluding carboxylic acids is 1. The van der Waals surface area contributed by atoms with E-state index < -0.39 is 0 Å². The van der Waals surface area contributed by atoms with Crippen molar-refractivity contribution in [3.63, 3.8) is 0 Å². The lowest BCUT2D eigenvalue weighted by atomic mass is 10.2. The number of nitrogens with one attached hydrogen (secondary N) is 1. The standard InChI is InChI=1S/C15H25N3O2/c1-3-18(11-13-5-7-14(16)8-6-13)12-15(19)17-9-4-10-20-2/h5-8H,3-4,9-12,16H2,1-2H3,(H,17,19). The van der Waals surface area contributed by atoms with E-state index in [1.54, 1.807) is 7.11 Å². The first kappa shape index (κ1) is 16.5. The number of hydrogen-bond donors (Lipinski definition) is 2. The van der Waals surface area contributed by atoms with Crippen molar-refractivity contribution >= 4 is 11.6 Å². The Morgan fingerprint density at radius 2 is 2.05 bits per heavy atom. The molecule has 0 aliphatic rings. The van der Waals surface area contributed by atoms with E-state index in [1.165, 1.54) is 0 Å². The molecule has 0 heterocycles. The van der Waals surface area contributed by atoms with Crippen molar-refractivity contribution in [2.45, 2.75) is 19.9 Å². The van der Waals surface area contributed by atoms with Gasteiger partial charge in [0.15, 0.2) is 0 Å². The van der Waals surface area contributed by atoms with Crippen molar-refractivity contribution in [2.75, 3.05) is 39.1 Å². The summed E-state index contributed by atoms with van der Waals surface area (Å²) < 4.78 is 4.94. The Balaban J connectivity index is 2.34. The molecule has 0 saturated heterocycles. The second-order valence-corrected chi connectivity index (χ2v) is 4.74. The van der Waals surface area contributed by atoms with Gasteiger partial charge in [0.1, 0.15) is 0 Å². The molecule has 1 rings (SSSR count). The number of methoxy groups -OCH3 is 1. The highest BCUT2D eigenvalue weighted by Gasteiger charge is 2.09. The number of ether oxygens (including phenoxy) is 1. The van der Waals surface area contributed by atoms with Crippen molar-refractivity contribution in [3.8, 4) is 0 Å². The lowest BCUT2D eigenvalue weighted by Gasteiger charge is -2.20. The van der Waals surface area contributed by atoms with E-state index in [1.807, 2.05) is 24.3 Å². The van der Waals surface area contributed by atoms with Gasteiger partial charge in [0, 0.05) is 32.5 Å². The summed E-state index contributed by atoms with van der Waals surface area (Å²) in [6.07, 6.45) is 0.840. The zero-order chi connectivity index (χ0) is 14.8. The van der Waals surface area contributed by atoms with Crippen LogP contribution in [0.1, 0.15) is 18.9 Å². The van der Waals surface area contributed by atoms with Crippen molar-refractivity contribution < 1.29 is 9.53 Å². The van der Waals surface area contributed by atoms with Crippen LogP contribution in [0.15, 0.2) is 24.3 Å². The van der Waals surface area contributed by atoms with E-state index >= 15 is 0 Å². The lowest BCUT2D eigenvalue weighted by molar-refractivity contribution is -0.122. The predicted molar refractivity (Wildman–Crippen MR) is 81.3 cm³/mol. The molecule has 0 aliphatic carbocycles. The van der Waals surface area contributed by atoms with Gasteiger partial charge in [-0.25, -0.2) is 0 Å². The Bertz CT molecular complexity index is 393. The van der Waals surface area contributed by atoms with Gasteiger partial charge in [-0.1, -0.05) is 19.1 Å². The number of benzene rings is 1. The lowest BCUT2D eigenvalue weighted by Crippen LogP contribution is -2.37. The molecule has 20 heavy (non-hydrogen) atoms. The van der Waals surface area contributed by atoms with Crippen molar-refractivity contribution in [1.82, 2.24) is 10.2 Å². The fourth-order valence-corrected chi connectivity index (χ4v) is 1.86. The molecule has 0 bridgehead atoms. The summed E-state index contributed by atoms with van der Waals surface area (Å²) in [5, 5.41) is 2.90. The molecular weight excluding hydrogens is 254 g/mol. The Labute approximate surface area is 121 Å². The Morgan fingerprint density at radius 1 is 1.35 bits per heavy atom. The van der Waals surface area contributed by atoms with Gasteiger partial charge in [-0.05, 0) is 30.7 Å². The number of likely N-dealkylation sites (N-methyl/N-ethyl adjacent to an activating group) is 1. The average molecular weight is 279 g/mol. The molecule has 5 heteroatoms. The van der Waals surface area contributed by atoms with Crippen LogP contribution in [-0.2, 0) is 16.1 Å². The first-order valence-corrected chi connectivity index (χ1v) is 6.98. The monoisotopic (exact) mass is 279 g/mol. The summed E-state index contributed by atoms with van der Waals surface area (Å²) in [6, 6.07) is 7.75. The fraction of sp³-hybridized carbons (Fsp3) is 0.533. The number of anilines is 1. The van der Waals surface area contributed by atoms with Crippen LogP contribution in [0.25, 0.3) is 0 Å². The molecule has 0 unspecified atom stereocenters. The highest BCUT2D eigenvalue weighted by atomic mass is 16.5. The van der Waals surface area contributed by atoms with Crippen LogP contribution in [0, 0.1) is 0 Å². The minimum atomic E-state index is 0.0541. The van der Waals surface area contributed by atoms with Crippen LogP contribution in [0.5, 0.6) is 0 Å². The smallest absolute Gasteiger partial charge is 0.234 e. The van der Waals surface area contributed by atoms with E-state index in [9.17, 15) is 4.79 Å². The first-order chi connectivity index (χ1) is 9.65. The van der Waals surface area contributed by atoms with Gasteiger partial charge in [-0.2, -0.15) is 0 Å². The molecule has 0 aromatic heterocycles. The summed E-state index contributed by atoms with van der Waals surface area (Å²) in [4.78, 5) is 13.9. The molecule has 5 nitrogen and oxygen atoms in total. The van der Waals surface area contributed by atoms with E-state index in [0.717, 1.165) is 30.8 Å². The number of hydrogen-bond acceptors (Lipinski definition) is 4. The van der Waals surface area contributed by atoms with Gasteiger partial charge < -0.3 is 15.8 Å². The molecule has 0 saturated carbocycles. The topological polar surface area (TPSA) is 67.6 Å². The summed E-state index contributed by atoms with van der Waals surface area (Å²) in [7, 11) is 1.66. The van der Waals surface area contributed by atoms with E-state index in [4.69, 9.17) is 10.5 Å². The molecule has 0 spiro atoms. The summed E-state index contributed by atoms with van der Waals surface area (Å²) in [5.41, 5.74) is 7.58. The molecule has 1 amide bonds. The zero-order valence-electron chi connectivity index (χ0n) is 12.4. The normalized spacial score (nSPS) is 10.8. The number of rotatable bonds is 9. The van der Waals surface area contributed by atoms with E-state index in [-0.39, 0.29) is 5.91 Å². The summed E-state index contributed by atoms with van der Waals surface area (Å²) in [6.45, 7) is 5.37. The molecule has 112 valence electrons. The second-order valence-electron chi connectivity index (χ2n) is 4.74. The number of nitrogen functional groups attached to an aromatic ring is 1. The highest BCUT2D eigenvalue weighted by Crippen LogP contribution is 2.08. The molecule has 1 aromatic carbocycles. The molecule has 1 aromatic rings. The van der Waals surface area contributed by atoms with Crippen LogP contribution in [-0.4, -0.2) is 44.2 Å². The minimum Gasteiger partial charge on any atom is -0.399 e. The van der Waals surface area contributed by atoms with Crippen LogP contribution < -0.4 is 11.1 Å². The minimum absolute atomic E-state index is 0.0541. The van der Waals surface area contributed by atoms with Gasteiger partial charge in [0.2, 0.25) is 5.91 Å². The first-order valence-electron chi connectivity index (χ1n) is 6.98. The molecule has 0 atom stereocenters. The third-order valence-electron chi connectivity index (χ3n) is 3.05. The number of nitrogens with two attached hydrogens (primary N) is 1. The zero-order valence-corrected chi connectivity index (χ0v) is 12.4. The third-order valence-corrected chi connectivity index (χ3v) is 3.05. The summed E-state index contributed by atoms with van der Waals surface area (Å²) >= 11 is 0. The molecule has 0 aliphatic heterocycles. The molecule has 0 radical (unpaired) electrons. The van der Waals surface area contributed by atoms with E-state index in [0.29, 0.717) is 19.7 Å². The number of carbonyl (C=O) groups is 1. The summed E-state index contributed by atoms with van der Waals surface area (Å²) in [5.74, 6) is 0.0541. The SMILES string of the molecule is CCN(CC(=O)NCCCOC)Cc1ccc(N)cc1. The van der Waals surface area contributed by atoms with E-state index in [2.05, 4.69) is 17.1 Å². The molecule has 3 N–H and O–H groups in total. The van der Waals surface area contributed by atoms with Crippen LogP contribution >= 0.6 is 0 Å². The predicted octanol–water partition coefficient (Wildman–Crippen LogP) is 1.24. The Morgan fingerprint density at radius 3 is 2.65 bits per heavy atom. The molecular formula is C15H25N3O2. The van der Waals surface area contributed by atoms with Gasteiger partial charge >= 0.3 is 0 Å². The number of nitrogens with zero attached hydrogens (tertiary/aromatic N) is 1. The van der Waals surface area contributed by atoms with Crippen LogP contribution in [0.3, 0.4) is 0 Å². The Hall–Kier alpha value is -1.59. The fourth-order valence-electron chi connectivity index (χ4n) is 1.86. The van der Waals surface area contributed by atoms with Gasteiger partial charge in [0.05, 0.1) is 6.54 Å². The van der Waals surface area contributed by atoms with Crippen molar-refractivity contribution in [1.29, 1.82) is 0 Å².